The van der Waals surface area contributed by atoms with Gasteiger partial charge in [-0.1, -0.05) is 18.5 Å². The monoisotopic (exact) mass is 312 g/mol. The molecule has 0 atom stereocenters. The van der Waals surface area contributed by atoms with E-state index in [2.05, 4.69) is 20.9 Å². The summed E-state index contributed by atoms with van der Waals surface area (Å²) in [5.41, 5.74) is 0.161. The zero-order valence-corrected chi connectivity index (χ0v) is 13.1. The molecule has 0 aliphatic heterocycles. The first-order valence-electron chi connectivity index (χ1n) is 7.03. The molecule has 0 aliphatic rings. The number of pyridine rings is 1. The predicted molar refractivity (Wildman–Crippen MR) is 83.7 cm³/mol. The Kier molecular flexibility index (Phi) is 7.53. The topological polar surface area (TPSA) is 83.1 Å². The van der Waals surface area contributed by atoms with Crippen LogP contribution >= 0.6 is 11.6 Å². The molecule has 0 unspecified atom stereocenters. The molecule has 3 N–H and O–H groups in total. The molecule has 1 aromatic heterocycles. The van der Waals surface area contributed by atoms with E-state index in [0.29, 0.717) is 12.4 Å². The van der Waals surface area contributed by atoms with Crippen molar-refractivity contribution in [3.05, 3.63) is 22.8 Å². The van der Waals surface area contributed by atoms with Crippen LogP contribution in [0, 0.1) is 0 Å². The Morgan fingerprint density at radius 3 is 2.62 bits per heavy atom. The van der Waals surface area contributed by atoms with Crippen LogP contribution in [0.3, 0.4) is 0 Å². The standard InChI is InChI=1S/C14H21ClN4O2/c1-3-8-17-11-6-5-10(15)13(19-11)14(21)18-9-7-12(20)16-4-2/h5-6H,3-4,7-9H2,1-2H3,(H,16,20)(H,17,19)(H,18,21). The van der Waals surface area contributed by atoms with E-state index in [0.717, 1.165) is 13.0 Å². The van der Waals surface area contributed by atoms with Crippen LogP contribution in [0.2, 0.25) is 5.02 Å². The summed E-state index contributed by atoms with van der Waals surface area (Å²) in [4.78, 5) is 27.5. The van der Waals surface area contributed by atoms with Crippen molar-refractivity contribution < 1.29 is 9.59 Å². The molecular formula is C14H21ClN4O2. The van der Waals surface area contributed by atoms with E-state index < -0.39 is 0 Å². The minimum atomic E-state index is -0.385. The number of nitrogens with one attached hydrogen (secondary N) is 3. The highest BCUT2D eigenvalue weighted by molar-refractivity contribution is 6.33. The molecule has 0 saturated carbocycles. The Hall–Kier alpha value is -1.82. The van der Waals surface area contributed by atoms with E-state index in [9.17, 15) is 9.59 Å². The fourth-order valence-electron chi connectivity index (χ4n) is 1.61. The van der Waals surface area contributed by atoms with Crippen molar-refractivity contribution in [2.45, 2.75) is 26.7 Å². The summed E-state index contributed by atoms with van der Waals surface area (Å²) in [5, 5.41) is 8.68. The predicted octanol–water partition coefficient (Wildman–Crippen LogP) is 1.81. The minimum absolute atomic E-state index is 0.102. The molecule has 1 heterocycles. The highest BCUT2D eigenvalue weighted by Gasteiger charge is 2.13. The Balaban J connectivity index is 2.58. The van der Waals surface area contributed by atoms with Gasteiger partial charge in [0.15, 0.2) is 0 Å². The molecule has 0 saturated heterocycles. The van der Waals surface area contributed by atoms with Gasteiger partial charge in [0.2, 0.25) is 5.91 Å². The van der Waals surface area contributed by atoms with E-state index in [1.54, 1.807) is 12.1 Å². The lowest BCUT2D eigenvalue weighted by Gasteiger charge is -2.09. The molecule has 2 amide bonds. The van der Waals surface area contributed by atoms with E-state index in [-0.39, 0.29) is 35.5 Å². The molecular weight excluding hydrogens is 292 g/mol. The van der Waals surface area contributed by atoms with Gasteiger partial charge < -0.3 is 16.0 Å². The molecule has 21 heavy (non-hydrogen) atoms. The Morgan fingerprint density at radius 1 is 1.19 bits per heavy atom. The number of rotatable bonds is 8. The summed E-state index contributed by atoms with van der Waals surface area (Å²) in [6.45, 7) is 5.47. The second kappa shape index (κ2) is 9.18. The highest BCUT2D eigenvalue weighted by Crippen LogP contribution is 2.16. The SMILES string of the molecule is CCCNc1ccc(Cl)c(C(=O)NCCC(=O)NCC)n1. The lowest BCUT2D eigenvalue weighted by Crippen LogP contribution is -2.31. The quantitative estimate of drug-likeness (QED) is 0.683. The van der Waals surface area contributed by atoms with E-state index >= 15 is 0 Å². The van der Waals surface area contributed by atoms with Gasteiger partial charge in [0.05, 0.1) is 5.02 Å². The first-order chi connectivity index (χ1) is 10.1. The summed E-state index contributed by atoms with van der Waals surface area (Å²) in [7, 11) is 0. The number of anilines is 1. The maximum atomic E-state index is 12.0. The van der Waals surface area contributed by atoms with Crippen LogP contribution in [0.1, 0.15) is 37.2 Å². The number of nitrogens with zero attached hydrogens (tertiary/aromatic N) is 1. The van der Waals surface area contributed by atoms with Crippen LogP contribution in [0.5, 0.6) is 0 Å². The van der Waals surface area contributed by atoms with Gasteiger partial charge in [-0.05, 0) is 25.5 Å². The Labute approximate surface area is 129 Å². The molecule has 1 rings (SSSR count). The van der Waals surface area contributed by atoms with Crippen LogP contribution in [0.15, 0.2) is 12.1 Å². The summed E-state index contributed by atoms with van der Waals surface area (Å²) < 4.78 is 0. The average Bonchev–Trinajstić information content (AvgIpc) is 2.46. The van der Waals surface area contributed by atoms with E-state index in [1.165, 1.54) is 0 Å². The van der Waals surface area contributed by atoms with Crippen molar-refractivity contribution in [1.29, 1.82) is 0 Å². The molecule has 116 valence electrons. The highest BCUT2D eigenvalue weighted by atomic mass is 35.5. The first kappa shape index (κ1) is 17.2. The third-order valence-electron chi connectivity index (χ3n) is 2.63. The minimum Gasteiger partial charge on any atom is -0.370 e. The van der Waals surface area contributed by atoms with Crippen LogP contribution < -0.4 is 16.0 Å². The second-order valence-corrected chi connectivity index (χ2v) is 4.82. The number of carbonyl (C=O) groups is 2. The normalized spacial score (nSPS) is 10.0. The third kappa shape index (κ3) is 5.99. The number of aromatic nitrogens is 1. The van der Waals surface area contributed by atoms with Crippen LogP contribution in [0.25, 0.3) is 0 Å². The molecule has 7 heteroatoms. The molecule has 0 bridgehead atoms. The van der Waals surface area contributed by atoms with Gasteiger partial charge in [0.25, 0.3) is 5.91 Å². The third-order valence-corrected chi connectivity index (χ3v) is 2.93. The first-order valence-corrected chi connectivity index (χ1v) is 7.41. The fraction of sp³-hybridized carbons (Fsp3) is 0.500. The van der Waals surface area contributed by atoms with Crippen molar-refractivity contribution in [3.8, 4) is 0 Å². The van der Waals surface area contributed by atoms with Gasteiger partial charge in [0, 0.05) is 26.1 Å². The zero-order valence-electron chi connectivity index (χ0n) is 12.3. The largest absolute Gasteiger partial charge is 0.370 e. The summed E-state index contributed by atoms with van der Waals surface area (Å²) in [6, 6.07) is 3.36. The van der Waals surface area contributed by atoms with Crippen LogP contribution in [0.4, 0.5) is 5.82 Å². The number of halogens is 1. The molecule has 0 spiro atoms. The second-order valence-electron chi connectivity index (χ2n) is 4.41. The lowest BCUT2D eigenvalue weighted by atomic mass is 10.3. The van der Waals surface area contributed by atoms with Gasteiger partial charge in [0.1, 0.15) is 11.5 Å². The van der Waals surface area contributed by atoms with E-state index in [1.807, 2.05) is 13.8 Å². The smallest absolute Gasteiger partial charge is 0.271 e. The Morgan fingerprint density at radius 2 is 1.95 bits per heavy atom. The van der Waals surface area contributed by atoms with Crippen molar-refractivity contribution in [2.24, 2.45) is 0 Å². The molecule has 1 aromatic rings. The zero-order chi connectivity index (χ0) is 15.7. The van der Waals surface area contributed by atoms with Crippen molar-refractivity contribution in [2.75, 3.05) is 25.0 Å². The molecule has 0 aromatic carbocycles. The van der Waals surface area contributed by atoms with Crippen molar-refractivity contribution in [1.82, 2.24) is 15.6 Å². The summed E-state index contributed by atoms with van der Waals surface area (Å²) >= 11 is 5.99. The van der Waals surface area contributed by atoms with Crippen molar-refractivity contribution in [3.63, 3.8) is 0 Å². The molecule has 0 aliphatic carbocycles. The average molecular weight is 313 g/mol. The van der Waals surface area contributed by atoms with Gasteiger partial charge in [-0.15, -0.1) is 0 Å². The summed E-state index contributed by atoms with van der Waals surface area (Å²) in [6.07, 6.45) is 1.18. The maximum absolute atomic E-state index is 12.0. The fourth-order valence-corrected chi connectivity index (χ4v) is 1.80. The summed E-state index contributed by atoms with van der Waals surface area (Å²) in [5.74, 6) is 0.120. The Bertz CT molecular complexity index is 494. The number of hydrogen-bond acceptors (Lipinski definition) is 4. The van der Waals surface area contributed by atoms with Gasteiger partial charge >= 0.3 is 0 Å². The number of amides is 2. The van der Waals surface area contributed by atoms with Gasteiger partial charge in [-0.3, -0.25) is 9.59 Å². The van der Waals surface area contributed by atoms with Crippen LogP contribution in [-0.4, -0.2) is 36.4 Å². The molecule has 0 fully saturated rings. The van der Waals surface area contributed by atoms with Crippen molar-refractivity contribution >= 4 is 29.2 Å². The van der Waals surface area contributed by atoms with E-state index in [4.69, 9.17) is 11.6 Å². The maximum Gasteiger partial charge on any atom is 0.271 e. The molecule has 6 nitrogen and oxygen atoms in total. The molecule has 0 radical (unpaired) electrons. The lowest BCUT2D eigenvalue weighted by molar-refractivity contribution is -0.120. The van der Waals surface area contributed by atoms with Gasteiger partial charge in [-0.25, -0.2) is 4.98 Å². The van der Waals surface area contributed by atoms with Crippen LogP contribution in [-0.2, 0) is 4.79 Å². The number of carbonyl (C=O) groups excluding carboxylic acids is 2. The van der Waals surface area contributed by atoms with Gasteiger partial charge in [-0.2, -0.15) is 0 Å². The number of hydrogen-bond donors (Lipinski definition) is 3.